The quantitative estimate of drug-likeness (QED) is 0.561. The summed E-state index contributed by atoms with van der Waals surface area (Å²) in [4.78, 5) is 11.4. The molecule has 1 N–H and O–H groups in total. The molecule has 0 atom stereocenters. The van der Waals surface area contributed by atoms with Gasteiger partial charge in [-0.2, -0.15) is 0 Å². The van der Waals surface area contributed by atoms with Crippen molar-refractivity contribution in [3.8, 4) is 0 Å². The molecule has 0 aliphatic rings. The Bertz CT molecular complexity index is 891. The van der Waals surface area contributed by atoms with Gasteiger partial charge < -0.3 is 10.2 Å². The minimum absolute atomic E-state index is 0.270. The number of aryl methyl sites for hydroxylation is 1. The first-order chi connectivity index (χ1) is 12.8. The molecule has 0 amide bonds. The monoisotopic (exact) mass is 409 g/mol. The van der Waals surface area contributed by atoms with Gasteiger partial charge in [0, 0.05) is 33.1 Å². The Morgan fingerprint density at radius 1 is 1.26 bits per heavy atom. The van der Waals surface area contributed by atoms with Gasteiger partial charge in [0.15, 0.2) is 5.96 Å². The van der Waals surface area contributed by atoms with E-state index in [4.69, 9.17) is 0 Å². The summed E-state index contributed by atoms with van der Waals surface area (Å²) in [6, 6.07) is 6.97. The standard InChI is InChI=1S/C18H27N5O2S2/c1-6-19-18(23(5)12-16-13-26-14(2)21-16)20-11-15-9-7-8-10-17(15)27(24,25)22(3)4/h7-10,13H,6,11-12H2,1-5H3,(H,19,20). The molecule has 0 bridgehead atoms. The van der Waals surface area contributed by atoms with E-state index in [0.717, 1.165) is 17.2 Å². The van der Waals surface area contributed by atoms with E-state index in [1.54, 1.807) is 29.5 Å². The maximum Gasteiger partial charge on any atom is 0.242 e. The fourth-order valence-corrected chi connectivity index (χ4v) is 4.22. The molecule has 0 saturated carbocycles. The zero-order chi connectivity index (χ0) is 20.0. The summed E-state index contributed by atoms with van der Waals surface area (Å²) in [5.41, 5.74) is 1.65. The van der Waals surface area contributed by atoms with Crippen molar-refractivity contribution in [3.05, 3.63) is 45.9 Å². The lowest BCUT2D eigenvalue weighted by atomic mass is 10.2. The third-order valence-electron chi connectivity index (χ3n) is 3.89. The average molecular weight is 410 g/mol. The summed E-state index contributed by atoms with van der Waals surface area (Å²) in [5.74, 6) is 0.709. The Kier molecular flexibility index (Phi) is 7.34. The number of hydrogen-bond acceptors (Lipinski definition) is 5. The molecular weight excluding hydrogens is 382 g/mol. The Balaban J connectivity index is 2.25. The van der Waals surface area contributed by atoms with Crippen molar-refractivity contribution in [2.24, 2.45) is 4.99 Å². The Morgan fingerprint density at radius 3 is 2.56 bits per heavy atom. The summed E-state index contributed by atoms with van der Waals surface area (Å²) >= 11 is 1.62. The van der Waals surface area contributed by atoms with Gasteiger partial charge in [0.1, 0.15) is 0 Å². The van der Waals surface area contributed by atoms with E-state index in [9.17, 15) is 8.42 Å². The highest BCUT2D eigenvalue weighted by molar-refractivity contribution is 7.89. The third-order valence-corrected chi connectivity index (χ3v) is 6.63. The molecule has 1 aromatic carbocycles. The normalized spacial score (nSPS) is 12.4. The second-order valence-electron chi connectivity index (χ2n) is 6.28. The van der Waals surface area contributed by atoms with E-state index in [1.165, 1.54) is 18.4 Å². The molecule has 2 rings (SSSR count). The lowest BCUT2D eigenvalue weighted by Crippen LogP contribution is -2.38. The number of thiazole rings is 1. The second-order valence-corrected chi connectivity index (χ2v) is 9.46. The van der Waals surface area contributed by atoms with Crippen LogP contribution in [0.15, 0.2) is 39.5 Å². The van der Waals surface area contributed by atoms with Crippen LogP contribution in [0.4, 0.5) is 0 Å². The van der Waals surface area contributed by atoms with Gasteiger partial charge in [-0.1, -0.05) is 18.2 Å². The Labute approximate surface area is 165 Å². The lowest BCUT2D eigenvalue weighted by molar-refractivity contribution is 0.470. The highest BCUT2D eigenvalue weighted by Crippen LogP contribution is 2.19. The van der Waals surface area contributed by atoms with Crippen molar-refractivity contribution in [1.29, 1.82) is 0 Å². The topological polar surface area (TPSA) is 77.9 Å². The van der Waals surface area contributed by atoms with Gasteiger partial charge in [0.2, 0.25) is 10.0 Å². The van der Waals surface area contributed by atoms with Crippen LogP contribution in [0.1, 0.15) is 23.2 Å². The van der Waals surface area contributed by atoms with Crippen molar-refractivity contribution in [2.75, 3.05) is 27.7 Å². The molecule has 2 aromatic rings. The third kappa shape index (κ3) is 5.50. The van der Waals surface area contributed by atoms with Crippen LogP contribution in [-0.2, 0) is 23.1 Å². The predicted octanol–water partition coefficient (Wildman–Crippen LogP) is 2.30. The van der Waals surface area contributed by atoms with E-state index >= 15 is 0 Å². The second kappa shape index (κ2) is 9.29. The van der Waals surface area contributed by atoms with Gasteiger partial charge in [-0.25, -0.2) is 22.7 Å². The van der Waals surface area contributed by atoms with Gasteiger partial charge in [-0.3, -0.25) is 0 Å². The van der Waals surface area contributed by atoms with Crippen LogP contribution in [0.2, 0.25) is 0 Å². The molecule has 9 heteroatoms. The molecule has 0 unspecified atom stereocenters. The maximum atomic E-state index is 12.5. The molecule has 7 nitrogen and oxygen atoms in total. The number of aromatic nitrogens is 1. The van der Waals surface area contributed by atoms with Gasteiger partial charge in [0.05, 0.1) is 28.7 Å². The molecule has 27 heavy (non-hydrogen) atoms. The summed E-state index contributed by atoms with van der Waals surface area (Å²) in [6.07, 6.45) is 0. The fourth-order valence-electron chi connectivity index (χ4n) is 2.51. The van der Waals surface area contributed by atoms with Crippen LogP contribution in [0.3, 0.4) is 0 Å². The highest BCUT2D eigenvalue weighted by atomic mass is 32.2. The van der Waals surface area contributed by atoms with Gasteiger partial charge in [0.25, 0.3) is 0 Å². The van der Waals surface area contributed by atoms with E-state index in [-0.39, 0.29) is 11.4 Å². The zero-order valence-corrected chi connectivity index (χ0v) is 18.1. The van der Waals surface area contributed by atoms with E-state index < -0.39 is 10.0 Å². The number of aliphatic imine (C=N–C) groups is 1. The van der Waals surface area contributed by atoms with Crippen molar-refractivity contribution in [1.82, 2.24) is 19.5 Å². The molecule has 0 spiro atoms. The summed E-state index contributed by atoms with van der Waals surface area (Å²) in [7, 11) is 1.49. The molecule has 148 valence electrons. The van der Waals surface area contributed by atoms with Crippen LogP contribution < -0.4 is 5.32 Å². The molecule has 1 heterocycles. The average Bonchev–Trinajstić information content (AvgIpc) is 3.03. The van der Waals surface area contributed by atoms with Gasteiger partial charge in [-0.05, 0) is 25.5 Å². The van der Waals surface area contributed by atoms with E-state index in [1.807, 2.05) is 37.2 Å². The minimum Gasteiger partial charge on any atom is -0.357 e. The van der Waals surface area contributed by atoms with Crippen LogP contribution >= 0.6 is 11.3 Å². The summed E-state index contributed by atoms with van der Waals surface area (Å²) < 4.78 is 26.3. The number of sulfonamides is 1. The Hall–Kier alpha value is -1.97. The number of benzene rings is 1. The number of rotatable bonds is 7. The maximum absolute atomic E-state index is 12.5. The first kappa shape index (κ1) is 21.3. The van der Waals surface area contributed by atoms with Crippen molar-refractivity contribution >= 4 is 27.3 Å². The van der Waals surface area contributed by atoms with Crippen LogP contribution in [-0.4, -0.2) is 56.3 Å². The number of nitrogens with one attached hydrogen (secondary N) is 1. The first-order valence-corrected chi connectivity index (χ1v) is 11.0. The molecule has 0 radical (unpaired) electrons. The van der Waals surface area contributed by atoms with E-state index in [2.05, 4.69) is 15.3 Å². The number of nitrogens with zero attached hydrogens (tertiary/aromatic N) is 4. The summed E-state index contributed by atoms with van der Waals surface area (Å²) in [6.45, 7) is 5.60. The lowest BCUT2D eigenvalue weighted by Gasteiger charge is -2.21. The van der Waals surface area contributed by atoms with E-state index in [0.29, 0.717) is 18.1 Å². The Morgan fingerprint density at radius 2 is 1.96 bits per heavy atom. The van der Waals surface area contributed by atoms with Gasteiger partial charge >= 0.3 is 0 Å². The minimum atomic E-state index is -3.51. The van der Waals surface area contributed by atoms with Crippen molar-refractivity contribution in [3.63, 3.8) is 0 Å². The first-order valence-electron chi connectivity index (χ1n) is 8.66. The predicted molar refractivity (Wildman–Crippen MR) is 110 cm³/mol. The molecule has 0 saturated heterocycles. The number of guanidine groups is 1. The molecule has 0 aliphatic carbocycles. The molecule has 0 aliphatic heterocycles. The highest BCUT2D eigenvalue weighted by Gasteiger charge is 2.20. The SMILES string of the molecule is CCNC(=NCc1ccccc1S(=O)(=O)N(C)C)N(C)Cc1csc(C)n1. The number of hydrogen-bond donors (Lipinski definition) is 1. The smallest absolute Gasteiger partial charge is 0.242 e. The molecule has 1 aromatic heterocycles. The van der Waals surface area contributed by atoms with Crippen molar-refractivity contribution < 1.29 is 8.42 Å². The molecular formula is C18H27N5O2S2. The van der Waals surface area contributed by atoms with Crippen LogP contribution in [0.25, 0.3) is 0 Å². The van der Waals surface area contributed by atoms with Gasteiger partial charge in [-0.15, -0.1) is 11.3 Å². The molecule has 0 fully saturated rings. The van der Waals surface area contributed by atoms with Crippen LogP contribution in [0, 0.1) is 6.92 Å². The van der Waals surface area contributed by atoms with Crippen molar-refractivity contribution in [2.45, 2.75) is 31.8 Å². The summed E-state index contributed by atoms with van der Waals surface area (Å²) in [5, 5.41) is 6.32. The van der Waals surface area contributed by atoms with Crippen LogP contribution in [0.5, 0.6) is 0 Å². The zero-order valence-electron chi connectivity index (χ0n) is 16.4. The largest absolute Gasteiger partial charge is 0.357 e. The fraction of sp³-hybridized carbons (Fsp3) is 0.444.